The molecular formula is C14H10F4. The molecular weight excluding hydrogens is 244 g/mol. The second kappa shape index (κ2) is 4.44. The van der Waals surface area contributed by atoms with Crippen LogP contribution in [-0.2, 0) is 6.18 Å². The molecule has 0 radical (unpaired) electrons. The van der Waals surface area contributed by atoms with Crippen LogP contribution in [0.2, 0.25) is 0 Å². The van der Waals surface area contributed by atoms with Crippen LogP contribution >= 0.6 is 0 Å². The van der Waals surface area contributed by atoms with Crippen LogP contribution in [0.1, 0.15) is 11.1 Å². The van der Waals surface area contributed by atoms with Gasteiger partial charge in [0.2, 0.25) is 0 Å². The number of hydrogen-bond acceptors (Lipinski definition) is 0. The third kappa shape index (κ3) is 2.53. The molecule has 0 amide bonds. The smallest absolute Gasteiger partial charge is 0.207 e. The molecule has 0 fully saturated rings. The van der Waals surface area contributed by atoms with Gasteiger partial charge in [0.1, 0.15) is 5.82 Å². The maximum absolute atomic E-state index is 12.9. The molecule has 2 rings (SSSR count). The monoisotopic (exact) mass is 254 g/mol. The third-order valence-corrected chi connectivity index (χ3v) is 2.64. The molecule has 0 aliphatic rings. The van der Waals surface area contributed by atoms with Crippen molar-refractivity contribution in [1.29, 1.82) is 0 Å². The molecule has 0 saturated carbocycles. The van der Waals surface area contributed by atoms with Crippen LogP contribution in [0.3, 0.4) is 0 Å². The molecule has 4 heteroatoms. The number of hydrogen-bond donors (Lipinski definition) is 0. The van der Waals surface area contributed by atoms with Crippen molar-refractivity contribution in [1.82, 2.24) is 0 Å². The molecule has 0 unspecified atom stereocenters. The average molecular weight is 254 g/mol. The average Bonchev–Trinajstić information content (AvgIpc) is 2.29. The predicted octanol–water partition coefficient (Wildman–Crippen LogP) is 4.82. The Hall–Kier alpha value is -1.84. The molecule has 0 N–H and O–H groups in total. The lowest BCUT2D eigenvalue weighted by atomic mass is 9.97. The molecule has 2 aromatic carbocycles. The fourth-order valence-electron chi connectivity index (χ4n) is 1.77. The Morgan fingerprint density at radius 1 is 0.889 bits per heavy atom. The van der Waals surface area contributed by atoms with Gasteiger partial charge in [-0.3, -0.25) is 0 Å². The van der Waals surface area contributed by atoms with E-state index in [-0.39, 0.29) is 5.56 Å². The first-order valence-corrected chi connectivity index (χ1v) is 5.32. The molecule has 0 heterocycles. The normalized spacial score (nSPS) is 11.6. The van der Waals surface area contributed by atoms with E-state index in [4.69, 9.17) is 0 Å². The molecule has 2 aromatic rings. The van der Waals surface area contributed by atoms with E-state index in [1.165, 1.54) is 18.2 Å². The number of rotatable bonds is 1. The molecule has 0 nitrogen and oxygen atoms in total. The van der Waals surface area contributed by atoms with Gasteiger partial charge in [-0.1, -0.05) is 29.8 Å². The van der Waals surface area contributed by atoms with E-state index in [1.807, 2.05) is 0 Å². The quantitative estimate of drug-likeness (QED) is 0.640. The first-order valence-electron chi connectivity index (χ1n) is 5.32. The summed E-state index contributed by atoms with van der Waals surface area (Å²) in [6.45, 7) is 1.60. The van der Waals surface area contributed by atoms with Gasteiger partial charge in [-0.05, 0) is 36.2 Å². The van der Waals surface area contributed by atoms with Gasteiger partial charge in [-0.25, -0.2) is 4.39 Å². The highest BCUT2D eigenvalue weighted by molar-refractivity contribution is 5.68. The minimum atomic E-state index is -4.42. The van der Waals surface area contributed by atoms with Crippen LogP contribution in [-0.4, -0.2) is 0 Å². The highest BCUT2D eigenvalue weighted by atomic mass is 19.4. The number of benzene rings is 2. The summed E-state index contributed by atoms with van der Waals surface area (Å²) in [6, 6.07) is 9.09. The molecule has 94 valence electrons. The minimum Gasteiger partial charge on any atom is -0.207 e. The summed E-state index contributed by atoms with van der Waals surface area (Å²) in [4.78, 5) is 0. The maximum atomic E-state index is 12.9. The second-order valence-electron chi connectivity index (χ2n) is 4.05. The van der Waals surface area contributed by atoms with Crippen molar-refractivity contribution in [2.45, 2.75) is 13.1 Å². The Labute approximate surface area is 102 Å². The highest BCUT2D eigenvalue weighted by Crippen LogP contribution is 2.37. The first kappa shape index (κ1) is 12.6. The molecule has 18 heavy (non-hydrogen) atoms. The van der Waals surface area contributed by atoms with Crippen molar-refractivity contribution < 1.29 is 17.6 Å². The molecule has 0 saturated heterocycles. The zero-order valence-electron chi connectivity index (χ0n) is 9.55. The Kier molecular flexibility index (Phi) is 3.11. The fourth-order valence-corrected chi connectivity index (χ4v) is 1.77. The Balaban J connectivity index is 2.60. The van der Waals surface area contributed by atoms with Crippen molar-refractivity contribution in [3.63, 3.8) is 0 Å². The summed E-state index contributed by atoms with van der Waals surface area (Å²) in [5, 5.41) is 0. The van der Waals surface area contributed by atoms with Gasteiger partial charge in [0.05, 0.1) is 5.56 Å². The summed E-state index contributed by atoms with van der Waals surface area (Å²) in [5.41, 5.74) is 0.249. The van der Waals surface area contributed by atoms with Gasteiger partial charge in [-0.15, -0.1) is 0 Å². The van der Waals surface area contributed by atoms with E-state index >= 15 is 0 Å². The minimum absolute atomic E-state index is 0.0631. The van der Waals surface area contributed by atoms with E-state index in [2.05, 4.69) is 0 Å². The summed E-state index contributed by atoms with van der Waals surface area (Å²) in [7, 11) is 0. The van der Waals surface area contributed by atoms with Gasteiger partial charge in [0.25, 0.3) is 0 Å². The maximum Gasteiger partial charge on any atom is 0.417 e. The van der Waals surface area contributed by atoms with Crippen LogP contribution in [0.15, 0.2) is 42.5 Å². The van der Waals surface area contributed by atoms with Crippen molar-refractivity contribution in [3.05, 3.63) is 59.4 Å². The molecule has 0 aliphatic heterocycles. The van der Waals surface area contributed by atoms with Crippen LogP contribution in [0.5, 0.6) is 0 Å². The van der Waals surface area contributed by atoms with Crippen LogP contribution in [0.25, 0.3) is 11.1 Å². The van der Waals surface area contributed by atoms with E-state index < -0.39 is 17.6 Å². The fraction of sp³-hybridized carbons (Fsp3) is 0.143. The Bertz CT molecular complexity index is 553. The first-order chi connectivity index (χ1) is 8.38. The van der Waals surface area contributed by atoms with Gasteiger partial charge in [0, 0.05) is 0 Å². The van der Waals surface area contributed by atoms with E-state index in [1.54, 1.807) is 13.0 Å². The van der Waals surface area contributed by atoms with Crippen molar-refractivity contribution in [3.8, 4) is 11.1 Å². The standard InChI is InChI=1S/C14H10F4/c1-9-2-7-12(13(8-9)14(16,17)18)10-3-5-11(15)6-4-10/h2-8H,1H3. The number of halogens is 4. The lowest BCUT2D eigenvalue weighted by Crippen LogP contribution is -2.07. The van der Waals surface area contributed by atoms with Gasteiger partial charge >= 0.3 is 6.18 Å². The number of alkyl halides is 3. The van der Waals surface area contributed by atoms with E-state index in [0.29, 0.717) is 11.1 Å². The molecule has 0 aliphatic carbocycles. The SMILES string of the molecule is Cc1ccc(-c2ccc(F)cc2)c(C(F)(F)F)c1. The van der Waals surface area contributed by atoms with Crippen molar-refractivity contribution >= 4 is 0 Å². The van der Waals surface area contributed by atoms with Gasteiger partial charge in [-0.2, -0.15) is 13.2 Å². The Morgan fingerprint density at radius 2 is 1.50 bits per heavy atom. The van der Waals surface area contributed by atoms with E-state index in [0.717, 1.165) is 18.2 Å². The van der Waals surface area contributed by atoms with Crippen molar-refractivity contribution in [2.24, 2.45) is 0 Å². The summed E-state index contributed by atoms with van der Waals surface area (Å²) in [6.07, 6.45) is -4.42. The number of aryl methyl sites for hydroxylation is 1. The highest BCUT2D eigenvalue weighted by Gasteiger charge is 2.33. The van der Waals surface area contributed by atoms with Crippen LogP contribution < -0.4 is 0 Å². The second-order valence-corrected chi connectivity index (χ2v) is 4.05. The van der Waals surface area contributed by atoms with Crippen LogP contribution in [0, 0.1) is 12.7 Å². The molecule has 0 bridgehead atoms. The zero-order chi connectivity index (χ0) is 13.3. The predicted molar refractivity (Wildman–Crippen MR) is 61.6 cm³/mol. The molecule has 0 spiro atoms. The summed E-state index contributed by atoms with van der Waals surface area (Å²) < 4.78 is 51.5. The van der Waals surface area contributed by atoms with Crippen molar-refractivity contribution in [2.75, 3.05) is 0 Å². The van der Waals surface area contributed by atoms with Gasteiger partial charge < -0.3 is 0 Å². The lowest BCUT2D eigenvalue weighted by molar-refractivity contribution is -0.137. The summed E-state index contributed by atoms with van der Waals surface area (Å²) in [5.74, 6) is -0.473. The zero-order valence-corrected chi connectivity index (χ0v) is 9.55. The topological polar surface area (TPSA) is 0 Å². The molecule has 0 atom stereocenters. The Morgan fingerprint density at radius 3 is 2.06 bits per heavy atom. The lowest BCUT2D eigenvalue weighted by Gasteiger charge is -2.13. The molecule has 0 aromatic heterocycles. The van der Waals surface area contributed by atoms with Gasteiger partial charge in [0.15, 0.2) is 0 Å². The van der Waals surface area contributed by atoms with E-state index in [9.17, 15) is 17.6 Å². The largest absolute Gasteiger partial charge is 0.417 e. The third-order valence-electron chi connectivity index (χ3n) is 2.64. The van der Waals surface area contributed by atoms with Crippen LogP contribution in [0.4, 0.5) is 17.6 Å². The summed E-state index contributed by atoms with van der Waals surface area (Å²) >= 11 is 0.